The summed E-state index contributed by atoms with van der Waals surface area (Å²) in [6, 6.07) is 1.81. The number of ether oxygens (including phenoxy) is 1. The average molecular weight is 295 g/mol. The lowest BCUT2D eigenvalue weighted by Gasteiger charge is -2.26. The summed E-state index contributed by atoms with van der Waals surface area (Å²) in [6.45, 7) is 4.66. The van der Waals surface area contributed by atoms with Crippen LogP contribution in [-0.4, -0.2) is 49.7 Å². The largest absolute Gasteiger partial charge is 0.490 e. The maximum absolute atomic E-state index is 13.5. The summed E-state index contributed by atoms with van der Waals surface area (Å²) in [5, 5.41) is 3.34. The Morgan fingerprint density at radius 1 is 1.43 bits per heavy atom. The maximum atomic E-state index is 13.5. The van der Waals surface area contributed by atoms with Crippen molar-refractivity contribution in [2.75, 3.05) is 33.8 Å². The number of likely N-dealkylation sites (N-methyl/N-ethyl adjacent to an activating group) is 1. The number of pyridine rings is 1. The number of rotatable bonds is 6. The van der Waals surface area contributed by atoms with Crippen LogP contribution in [0.2, 0.25) is 0 Å². The van der Waals surface area contributed by atoms with E-state index in [4.69, 9.17) is 4.74 Å². The van der Waals surface area contributed by atoms with E-state index >= 15 is 0 Å². The Kier molecular flexibility index (Phi) is 5.94. The van der Waals surface area contributed by atoms with Gasteiger partial charge in [-0.25, -0.2) is 4.39 Å². The molecule has 0 saturated carbocycles. The van der Waals surface area contributed by atoms with Crippen LogP contribution in [0.4, 0.5) is 4.39 Å². The van der Waals surface area contributed by atoms with Gasteiger partial charge >= 0.3 is 0 Å². The highest BCUT2D eigenvalue weighted by Crippen LogP contribution is 2.31. The predicted molar refractivity (Wildman–Crippen MR) is 82.3 cm³/mol. The molecule has 1 aliphatic heterocycles. The molecule has 1 aromatic heterocycles. The van der Waals surface area contributed by atoms with Crippen LogP contribution in [0.1, 0.15) is 37.8 Å². The van der Waals surface area contributed by atoms with Gasteiger partial charge in [0.05, 0.1) is 11.9 Å². The smallest absolute Gasteiger partial charge is 0.145 e. The molecule has 0 aromatic carbocycles. The van der Waals surface area contributed by atoms with Crippen LogP contribution in [0.25, 0.3) is 0 Å². The normalized spacial score (nSPS) is 18.0. The molecule has 1 atom stereocenters. The van der Waals surface area contributed by atoms with Gasteiger partial charge in [-0.05, 0) is 46.4 Å². The monoisotopic (exact) mass is 295 g/mol. The molecule has 0 radical (unpaired) electrons. The molecule has 1 fully saturated rings. The molecule has 4 nitrogen and oxygen atoms in total. The van der Waals surface area contributed by atoms with Gasteiger partial charge < -0.3 is 15.0 Å². The van der Waals surface area contributed by atoms with E-state index in [0.717, 1.165) is 38.0 Å². The maximum Gasteiger partial charge on any atom is 0.145 e. The highest BCUT2D eigenvalue weighted by Gasteiger charge is 2.22. The lowest BCUT2D eigenvalue weighted by atomic mass is 9.93. The van der Waals surface area contributed by atoms with Crippen LogP contribution in [0.3, 0.4) is 0 Å². The molecular weight excluding hydrogens is 269 g/mol. The summed E-state index contributed by atoms with van der Waals surface area (Å²) < 4.78 is 19.4. The molecule has 1 aliphatic rings. The molecule has 0 amide bonds. The van der Waals surface area contributed by atoms with Gasteiger partial charge in [-0.2, -0.15) is 0 Å². The van der Waals surface area contributed by atoms with Gasteiger partial charge in [0.2, 0.25) is 0 Å². The first kappa shape index (κ1) is 16.2. The number of hydrogen-bond donors (Lipinski definition) is 1. The van der Waals surface area contributed by atoms with E-state index in [0.29, 0.717) is 24.3 Å². The summed E-state index contributed by atoms with van der Waals surface area (Å²) >= 11 is 0. The highest BCUT2D eigenvalue weighted by atomic mass is 19.1. The molecule has 1 saturated heterocycles. The number of hydrogen-bond acceptors (Lipinski definition) is 4. The second-order valence-electron chi connectivity index (χ2n) is 5.90. The lowest BCUT2D eigenvalue weighted by molar-refractivity contribution is 0.178. The van der Waals surface area contributed by atoms with Crippen LogP contribution in [-0.2, 0) is 0 Å². The van der Waals surface area contributed by atoms with Crippen molar-refractivity contribution in [3.63, 3.8) is 0 Å². The van der Waals surface area contributed by atoms with Crippen LogP contribution in [0.5, 0.6) is 5.75 Å². The number of halogens is 1. The third-order valence-corrected chi connectivity index (χ3v) is 4.21. The SMILES string of the molecule is CC[C@H](COc1cc(F)cnc1C1CCNCC1)N(C)C. The quantitative estimate of drug-likeness (QED) is 0.874. The van der Waals surface area contributed by atoms with Crippen molar-refractivity contribution < 1.29 is 9.13 Å². The number of nitrogens with zero attached hydrogens (tertiary/aromatic N) is 2. The fourth-order valence-corrected chi connectivity index (χ4v) is 2.77. The fraction of sp³-hybridized carbons (Fsp3) is 0.688. The van der Waals surface area contributed by atoms with E-state index in [1.807, 2.05) is 14.1 Å². The van der Waals surface area contributed by atoms with Gasteiger partial charge in [-0.15, -0.1) is 0 Å². The lowest BCUT2D eigenvalue weighted by Crippen LogP contribution is -2.33. The van der Waals surface area contributed by atoms with Gasteiger partial charge in [-0.1, -0.05) is 6.92 Å². The molecule has 1 aromatic rings. The summed E-state index contributed by atoms with van der Waals surface area (Å²) in [7, 11) is 4.07. The number of nitrogens with one attached hydrogen (secondary N) is 1. The minimum Gasteiger partial charge on any atom is -0.490 e. The van der Waals surface area contributed by atoms with Crippen molar-refractivity contribution in [3.8, 4) is 5.75 Å². The molecular formula is C16H26FN3O. The van der Waals surface area contributed by atoms with Gasteiger partial charge in [0.15, 0.2) is 0 Å². The zero-order valence-corrected chi connectivity index (χ0v) is 13.2. The van der Waals surface area contributed by atoms with Crippen molar-refractivity contribution >= 4 is 0 Å². The van der Waals surface area contributed by atoms with Crippen molar-refractivity contribution in [1.82, 2.24) is 15.2 Å². The Labute approximate surface area is 126 Å². The summed E-state index contributed by atoms with van der Waals surface area (Å²) in [5.41, 5.74) is 0.909. The molecule has 5 heteroatoms. The van der Waals surface area contributed by atoms with Crippen molar-refractivity contribution in [1.29, 1.82) is 0 Å². The zero-order chi connectivity index (χ0) is 15.2. The van der Waals surface area contributed by atoms with Gasteiger partial charge in [0, 0.05) is 18.0 Å². The Bertz CT molecular complexity index is 447. The molecule has 0 spiro atoms. The molecule has 2 rings (SSSR count). The Hall–Kier alpha value is -1.20. The summed E-state index contributed by atoms with van der Waals surface area (Å²) in [5.74, 6) is 0.643. The van der Waals surface area contributed by atoms with Gasteiger partial charge in [0.25, 0.3) is 0 Å². The minimum absolute atomic E-state index is 0.328. The van der Waals surface area contributed by atoms with E-state index in [2.05, 4.69) is 22.1 Å². The second-order valence-corrected chi connectivity index (χ2v) is 5.90. The topological polar surface area (TPSA) is 37.4 Å². The van der Waals surface area contributed by atoms with E-state index < -0.39 is 0 Å². The Morgan fingerprint density at radius 3 is 2.76 bits per heavy atom. The molecule has 0 unspecified atom stereocenters. The first-order valence-corrected chi connectivity index (χ1v) is 7.77. The molecule has 2 heterocycles. The standard InChI is InChI=1S/C16H26FN3O/c1-4-14(20(2)3)11-21-15-9-13(17)10-19-16(15)12-5-7-18-8-6-12/h9-10,12,14,18H,4-8,11H2,1-3H3/t14-/m1/s1. The summed E-state index contributed by atoms with van der Waals surface area (Å²) in [6.07, 6.45) is 4.35. The molecule has 1 N–H and O–H groups in total. The zero-order valence-electron chi connectivity index (χ0n) is 13.2. The van der Waals surface area contributed by atoms with Crippen molar-refractivity contribution in [2.24, 2.45) is 0 Å². The van der Waals surface area contributed by atoms with E-state index in [1.54, 1.807) is 0 Å². The van der Waals surface area contributed by atoms with Crippen LogP contribution in [0.15, 0.2) is 12.3 Å². The van der Waals surface area contributed by atoms with E-state index in [-0.39, 0.29) is 5.82 Å². The third kappa shape index (κ3) is 4.38. The van der Waals surface area contributed by atoms with Crippen LogP contribution < -0.4 is 10.1 Å². The van der Waals surface area contributed by atoms with Gasteiger partial charge in [-0.3, -0.25) is 4.98 Å². The number of aromatic nitrogens is 1. The van der Waals surface area contributed by atoms with Crippen molar-refractivity contribution in [3.05, 3.63) is 23.8 Å². The second kappa shape index (κ2) is 7.71. The summed E-state index contributed by atoms with van der Waals surface area (Å²) in [4.78, 5) is 6.44. The van der Waals surface area contributed by atoms with Crippen molar-refractivity contribution in [2.45, 2.75) is 38.1 Å². The first-order valence-electron chi connectivity index (χ1n) is 7.77. The third-order valence-electron chi connectivity index (χ3n) is 4.21. The highest BCUT2D eigenvalue weighted by molar-refractivity contribution is 5.31. The van der Waals surface area contributed by atoms with E-state index in [9.17, 15) is 4.39 Å². The fourth-order valence-electron chi connectivity index (χ4n) is 2.77. The minimum atomic E-state index is -0.333. The van der Waals surface area contributed by atoms with Crippen LogP contribution in [0, 0.1) is 5.82 Å². The van der Waals surface area contributed by atoms with Crippen LogP contribution >= 0.6 is 0 Å². The molecule has 0 aliphatic carbocycles. The number of piperidine rings is 1. The average Bonchev–Trinajstić information content (AvgIpc) is 2.48. The Morgan fingerprint density at radius 2 is 2.14 bits per heavy atom. The molecule has 118 valence electrons. The van der Waals surface area contributed by atoms with Gasteiger partial charge in [0.1, 0.15) is 18.2 Å². The van der Waals surface area contributed by atoms with E-state index in [1.165, 1.54) is 12.3 Å². The molecule has 21 heavy (non-hydrogen) atoms. The predicted octanol–water partition coefficient (Wildman–Crippen LogP) is 2.41. The molecule has 0 bridgehead atoms. The Balaban J connectivity index is 2.11. The first-order chi connectivity index (χ1) is 10.1.